The van der Waals surface area contributed by atoms with Gasteiger partial charge < -0.3 is 4.74 Å². The van der Waals surface area contributed by atoms with Crippen LogP contribution in [0, 0.1) is 5.92 Å². The third-order valence-electron chi connectivity index (χ3n) is 2.34. The molecular formula is C9H17IO. The molecule has 1 atom stereocenters. The zero-order valence-corrected chi connectivity index (χ0v) is 9.50. The molecule has 0 amide bonds. The highest BCUT2D eigenvalue weighted by molar-refractivity contribution is 14.1. The topological polar surface area (TPSA) is 9.23 Å². The van der Waals surface area contributed by atoms with Crippen molar-refractivity contribution < 1.29 is 4.74 Å². The van der Waals surface area contributed by atoms with E-state index in [1.807, 2.05) is 0 Å². The molecule has 0 heterocycles. The summed E-state index contributed by atoms with van der Waals surface area (Å²) in [5.41, 5.74) is 0. The minimum absolute atomic E-state index is 0.381. The summed E-state index contributed by atoms with van der Waals surface area (Å²) in [6, 6.07) is 0. The van der Waals surface area contributed by atoms with E-state index in [-0.39, 0.29) is 0 Å². The molecule has 1 nitrogen and oxygen atoms in total. The molecule has 0 aromatic heterocycles. The smallest absolute Gasteiger partial charge is 0.106 e. The monoisotopic (exact) mass is 268 g/mol. The lowest BCUT2D eigenvalue weighted by molar-refractivity contribution is 0.0188. The normalized spacial score (nSPS) is 35.2. The highest BCUT2D eigenvalue weighted by Crippen LogP contribution is 2.26. The largest absolute Gasteiger partial charge is 0.365 e. The summed E-state index contributed by atoms with van der Waals surface area (Å²) in [4.78, 5) is 0. The first kappa shape index (κ1) is 9.78. The van der Waals surface area contributed by atoms with Gasteiger partial charge >= 0.3 is 0 Å². The van der Waals surface area contributed by atoms with Gasteiger partial charge in [0.2, 0.25) is 0 Å². The minimum atomic E-state index is 0.381. The predicted molar refractivity (Wildman–Crippen MR) is 56.0 cm³/mol. The van der Waals surface area contributed by atoms with E-state index in [4.69, 9.17) is 4.74 Å². The summed E-state index contributed by atoms with van der Waals surface area (Å²) in [6.07, 6.45) is 5.81. The van der Waals surface area contributed by atoms with Crippen molar-refractivity contribution in [1.82, 2.24) is 0 Å². The number of hydrogen-bond donors (Lipinski definition) is 0. The third kappa shape index (κ3) is 3.74. The summed E-state index contributed by atoms with van der Waals surface area (Å²) in [7, 11) is 0. The van der Waals surface area contributed by atoms with Crippen molar-refractivity contribution in [1.29, 1.82) is 0 Å². The molecule has 66 valence electrons. The van der Waals surface area contributed by atoms with Crippen molar-refractivity contribution in [3.05, 3.63) is 0 Å². The van der Waals surface area contributed by atoms with Gasteiger partial charge in [-0.15, -0.1) is 0 Å². The summed E-state index contributed by atoms with van der Waals surface area (Å²) in [5, 5.41) is 0. The van der Waals surface area contributed by atoms with E-state index in [9.17, 15) is 0 Å². The van der Waals surface area contributed by atoms with E-state index >= 15 is 0 Å². The van der Waals surface area contributed by atoms with Gasteiger partial charge in [0, 0.05) is 0 Å². The van der Waals surface area contributed by atoms with Gasteiger partial charge in [-0.1, -0.05) is 29.5 Å². The molecule has 2 heteroatoms. The van der Waals surface area contributed by atoms with Crippen molar-refractivity contribution in [3.8, 4) is 0 Å². The molecule has 1 aliphatic rings. The summed E-state index contributed by atoms with van der Waals surface area (Å²) < 4.78 is 6.11. The first-order chi connectivity index (χ1) is 5.18. The van der Waals surface area contributed by atoms with Crippen molar-refractivity contribution in [2.75, 3.05) is 0 Å². The molecule has 0 spiro atoms. The van der Waals surface area contributed by atoms with Crippen molar-refractivity contribution in [3.63, 3.8) is 0 Å². The van der Waals surface area contributed by atoms with Crippen molar-refractivity contribution >= 4 is 22.6 Å². The van der Waals surface area contributed by atoms with Crippen molar-refractivity contribution in [2.24, 2.45) is 5.92 Å². The highest BCUT2D eigenvalue weighted by atomic mass is 127. The van der Waals surface area contributed by atoms with Gasteiger partial charge in [-0.05, 0) is 38.5 Å². The lowest BCUT2D eigenvalue weighted by Crippen LogP contribution is -2.22. The molecule has 1 saturated carbocycles. The minimum Gasteiger partial charge on any atom is -0.365 e. The second-order valence-corrected chi connectivity index (χ2v) is 5.32. The fraction of sp³-hybridized carbons (Fsp3) is 1.00. The van der Waals surface area contributed by atoms with Crippen LogP contribution in [0.3, 0.4) is 0 Å². The van der Waals surface area contributed by atoms with E-state index in [1.54, 1.807) is 0 Å². The van der Waals surface area contributed by atoms with Gasteiger partial charge in [0.05, 0.1) is 6.10 Å². The van der Waals surface area contributed by atoms with Crippen LogP contribution in [0.5, 0.6) is 0 Å². The van der Waals surface area contributed by atoms with Gasteiger partial charge in [-0.3, -0.25) is 0 Å². The average molecular weight is 268 g/mol. The maximum Gasteiger partial charge on any atom is 0.106 e. The van der Waals surface area contributed by atoms with Gasteiger partial charge in [-0.2, -0.15) is 0 Å². The van der Waals surface area contributed by atoms with E-state index in [1.165, 1.54) is 25.7 Å². The van der Waals surface area contributed by atoms with Crippen LogP contribution < -0.4 is 0 Å². The number of hydrogen-bond acceptors (Lipinski definition) is 1. The molecule has 1 unspecified atom stereocenters. The SMILES string of the molecule is CC1CCC(OC(C)I)CC1. The third-order valence-corrected chi connectivity index (χ3v) is 2.64. The Morgan fingerprint density at radius 2 is 1.82 bits per heavy atom. The summed E-state index contributed by atoms with van der Waals surface area (Å²) in [6.45, 7) is 4.45. The molecule has 0 radical (unpaired) electrons. The van der Waals surface area contributed by atoms with Crippen LogP contribution in [0.4, 0.5) is 0 Å². The lowest BCUT2D eigenvalue weighted by Gasteiger charge is -2.27. The van der Waals surface area contributed by atoms with Crippen LogP contribution in [0.1, 0.15) is 39.5 Å². The quantitative estimate of drug-likeness (QED) is 0.551. The number of halogens is 1. The molecule has 0 aromatic rings. The molecule has 0 bridgehead atoms. The molecular weight excluding hydrogens is 251 g/mol. The number of ether oxygens (including phenoxy) is 1. The molecule has 1 rings (SSSR count). The molecule has 0 aromatic carbocycles. The summed E-state index contributed by atoms with van der Waals surface area (Å²) in [5.74, 6) is 0.930. The van der Waals surface area contributed by atoms with Crippen LogP contribution in [0.2, 0.25) is 0 Å². The Kier molecular flexibility index (Phi) is 4.13. The maximum atomic E-state index is 5.73. The average Bonchev–Trinajstić information content (AvgIpc) is 1.93. The first-order valence-electron chi connectivity index (χ1n) is 4.48. The Labute approximate surface area is 83.0 Å². The van der Waals surface area contributed by atoms with Crippen molar-refractivity contribution in [2.45, 2.75) is 49.7 Å². The first-order valence-corrected chi connectivity index (χ1v) is 5.72. The van der Waals surface area contributed by atoms with Crippen LogP contribution in [-0.2, 0) is 4.74 Å². The molecule has 1 aliphatic carbocycles. The Bertz CT molecular complexity index is 106. The Hall–Kier alpha value is 0.690. The second-order valence-electron chi connectivity index (χ2n) is 3.56. The zero-order valence-electron chi connectivity index (χ0n) is 7.35. The van der Waals surface area contributed by atoms with Crippen LogP contribution >= 0.6 is 22.6 Å². The van der Waals surface area contributed by atoms with E-state index in [0.717, 1.165) is 5.92 Å². The highest BCUT2D eigenvalue weighted by Gasteiger charge is 2.19. The van der Waals surface area contributed by atoms with Gasteiger partial charge in [0.1, 0.15) is 4.11 Å². The number of rotatable bonds is 2. The van der Waals surface area contributed by atoms with Gasteiger partial charge in [0.15, 0.2) is 0 Å². The second kappa shape index (κ2) is 4.65. The van der Waals surface area contributed by atoms with Crippen LogP contribution in [0.25, 0.3) is 0 Å². The summed E-state index contributed by atoms with van der Waals surface area (Å²) >= 11 is 2.33. The maximum absolute atomic E-state index is 5.73. The van der Waals surface area contributed by atoms with E-state index in [2.05, 4.69) is 36.4 Å². The standard InChI is InChI=1S/C9H17IO/c1-7-3-5-9(6-4-7)11-8(2)10/h7-9H,3-6H2,1-2H3. The Balaban J connectivity index is 2.17. The molecule has 0 aliphatic heterocycles. The van der Waals surface area contributed by atoms with Crippen LogP contribution in [-0.4, -0.2) is 10.2 Å². The molecule has 1 fully saturated rings. The fourth-order valence-corrected chi connectivity index (χ4v) is 2.05. The fourth-order valence-electron chi connectivity index (χ4n) is 1.63. The number of alkyl halides is 1. The van der Waals surface area contributed by atoms with Crippen LogP contribution in [0.15, 0.2) is 0 Å². The lowest BCUT2D eigenvalue weighted by atomic mass is 9.89. The van der Waals surface area contributed by atoms with E-state index in [0.29, 0.717) is 10.2 Å². The zero-order chi connectivity index (χ0) is 8.27. The Morgan fingerprint density at radius 3 is 2.27 bits per heavy atom. The molecule has 0 saturated heterocycles. The van der Waals surface area contributed by atoms with E-state index < -0.39 is 0 Å². The molecule has 11 heavy (non-hydrogen) atoms. The molecule has 0 N–H and O–H groups in total. The van der Waals surface area contributed by atoms with Gasteiger partial charge in [0.25, 0.3) is 0 Å². The van der Waals surface area contributed by atoms with Gasteiger partial charge in [-0.25, -0.2) is 0 Å². The Morgan fingerprint density at radius 1 is 1.27 bits per heavy atom. The predicted octanol–water partition coefficient (Wildman–Crippen LogP) is 3.36.